The van der Waals surface area contributed by atoms with Crippen LogP contribution < -0.4 is 29.8 Å². The highest BCUT2D eigenvalue weighted by Gasteiger charge is 2.18. The Kier molecular flexibility index (Phi) is 6.83. The van der Waals surface area contributed by atoms with Gasteiger partial charge in [-0.2, -0.15) is 0 Å². The lowest BCUT2D eigenvalue weighted by molar-refractivity contribution is 0.102. The van der Waals surface area contributed by atoms with E-state index >= 15 is 0 Å². The predicted octanol–water partition coefficient (Wildman–Crippen LogP) is 4.11. The van der Waals surface area contributed by atoms with Crippen LogP contribution >= 0.6 is 11.6 Å². The first-order chi connectivity index (χ1) is 16.8. The quantitative estimate of drug-likeness (QED) is 0.385. The number of amides is 1. The first-order valence-corrected chi connectivity index (χ1v) is 10.7. The molecule has 0 atom stereocenters. The number of nitrogens with zero attached hydrogens (tertiary/aromatic N) is 2. The molecule has 1 amide bonds. The molecule has 0 radical (unpaired) electrons. The highest BCUT2D eigenvalue weighted by Crippen LogP contribution is 2.38. The molecule has 4 rings (SSSR count). The molecule has 0 saturated heterocycles. The molecule has 10 nitrogen and oxygen atoms in total. The average molecular weight is 500 g/mol. The molecule has 11 heteroatoms. The number of ether oxygens (including phenoxy) is 4. The van der Waals surface area contributed by atoms with E-state index in [-0.39, 0.29) is 17.7 Å². The summed E-state index contributed by atoms with van der Waals surface area (Å²) < 4.78 is 28.2. The Hall–Kier alpha value is -4.18. The van der Waals surface area contributed by atoms with Crippen molar-refractivity contribution in [2.24, 2.45) is 0 Å². The van der Waals surface area contributed by atoms with Gasteiger partial charge in [-0.15, -0.1) is 4.57 Å². The van der Waals surface area contributed by atoms with Gasteiger partial charge in [0.05, 0.1) is 32.7 Å². The number of carbonyl (C=O) groups is 1. The zero-order valence-electron chi connectivity index (χ0n) is 19.4. The van der Waals surface area contributed by atoms with Gasteiger partial charge in [0.1, 0.15) is 18.1 Å². The van der Waals surface area contributed by atoms with Crippen LogP contribution in [0, 0.1) is 6.92 Å². The van der Waals surface area contributed by atoms with Crippen molar-refractivity contribution in [3.63, 3.8) is 0 Å². The second-order valence-corrected chi connectivity index (χ2v) is 7.82. The van der Waals surface area contributed by atoms with Gasteiger partial charge in [0.25, 0.3) is 11.5 Å². The van der Waals surface area contributed by atoms with Crippen LogP contribution in [0.4, 0.5) is 5.69 Å². The molecule has 2 aromatic carbocycles. The molecule has 0 saturated carbocycles. The summed E-state index contributed by atoms with van der Waals surface area (Å²) in [7, 11) is 4.40. The lowest BCUT2D eigenvalue weighted by atomic mass is 10.1. The molecule has 0 fully saturated rings. The number of fused-ring (bicyclic) bond motifs is 1. The molecule has 4 aromatic rings. The number of rotatable bonds is 8. The van der Waals surface area contributed by atoms with Crippen molar-refractivity contribution < 1.29 is 28.3 Å². The lowest BCUT2D eigenvalue weighted by Gasteiger charge is -2.15. The standard InChI is InChI=1S/C24H22ClN3O7/c1-13-7-21-26-16(11-22(29)28(21)35-13)12-34-18-6-5-15(25)10-17(18)27-24(30)14-8-19(31-2)23(33-4)20(9-14)32-3/h5-11H,12H2,1-4H3,(H,27,30). The molecule has 2 aromatic heterocycles. The number of hydrogen-bond donors (Lipinski definition) is 1. The lowest BCUT2D eigenvalue weighted by Crippen LogP contribution is -2.15. The third kappa shape index (κ3) is 5.02. The number of nitrogens with one attached hydrogen (secondary N) is 1. The van der Waals surface area contributed by atoms with Gasteiger partial charge in [-0.3, -0.25) is 9.59 Å². The van der Waals surface area contributed by atoms with Crippen LogP contribution in [0.25, 0.3) is 5.65 Å². The van der Waals surface area contributed by atoms with Crippen molar-refractivity contribution in [2.75, 3.05) is 26.6 Å². The Bertz CT molecular complexity index is 1440. The molecular formula is C24H22ClN3O7. The number of carbonyl (C=O) groups excluding carboxylic acids is 1. The molecule has 0 spiro atoms. The Morgan fingerprint density at radius 3 is 2.40 bits per heavy atom. The summed E-state index contributed by atoms with van der Waals surface area (Å²) in [6.07, 6.45) is 0. The summed E-state index contributed by atoms with van der Waals surface area (Å²) >= 11 is 6.16. The van der Waals surface area contributed by atoms with E-state index in [9.17, 15) is 9.59 Å². The van der Waals surface area contributed by atoms with Gasteiger partial charge in [0, 0.05) is 22.7 Å². The van der Waals surface area contributed by atoms with Crippen molar-refractivity contribution in [3.05, 3.63) is 74.9 Å². The van der Waals surface area contributed by atoms with Gasteiger partial charge in [0.15, 0.2) is 17.1 Å². The first-order valence-electron chi connectivity index (χ1n) is 10.4. The monoisotopic (exact) mass is 499 g/mol. The van der Waals surface area contributed by atoms with E-state index in [0.29, 0.717) is 50.8 Å². The van der Waals surface area contributed by atoms with Crippen molar-refractivity contribution in [2.45, 2.75) is 13.5 Å². The van der Waals surface area contributed by atoms with Gasteiger partial charge in [-0.1, -0.05) is 11.6 Å². The SMILES string of the molecule is COc1cc(C(=O)Nc2cc(Cl)ccc2OCc2cc(=O)n3oc(C)cc3n2)cc(OC)c1OC. The van der Waals surface area contributed by atoms with Crippen LogP contribution in [0.5, 0.6) is 23.0 Å². The maximum atomic E-state index is 13.1. The zero-order valence-corrected chi connectivity index (χ0v) is 20.1. The topological polar surface area (TPSA) is 114 Å². The molecule has 182 valence electrons. The Morgan fingerprint density at radius 2 is 1.74 bits per heavy atom. The van der Waals surface area contributed by atoms with Crippen LogP contribution in [0.2, 0.25) is 5.02 Å². The molecule has 0 unspecified atom stereocenters. The summed E-state index contributed by atoms with van der Waals surface area (Å²) in [4.78, 5) is 29.7. The van der Waals surface area contributed by atoms with E-state index < -0.39 is 5.91 Å². The summed E-state index contributed by atoms with van der Waals surface area (Å²) in [6, 6.07) is 10.8. The first kappa shape index (κ1) is 24.0. The number of halogens is 1. The van der Waals surface area contributed by atoms with E-state index in [1.807, 2.05) is 0 Å². The van der Waals surface area contributed by atoms with Gasteiger partial charge in [0.2, 0.25) is 5.75 Å². The summed E-state index contributed by atoms with van der Waals surface area (Å²) in [5.41, 5.74) is 0.996. The average Bonchev–Trinajstić information content (AvgIpc) is 3.23. The number of hydrogen-bond acceptors (Lipinski definition) is 8. The fourth-order valence-corrected chi connectivity index (χ4v) is 3.60. The molecule has 2 heterocycles. The van der Waals surface area contributed by atoms with Gasteiger partial charge in [-0.05, 0) is 37.3 Å². The van der Waals surface area contributed by atoms with Crippen molar-refractivity contribution in [3.8, 4) is 23.0 Å². The van der Waals surface area contributed by atoms with Gasteiger partial charge >= 0.3 is 0 Å². The van der Waals surface area contributed by atoms with E-state index in [2.05, 4.69) is 10.3 Å². The molecule has 0 aliphatic rings. The minimum atomic E-state index is -0.456. The minimum absolute atomic E-state index is 0.0232. The third-order valence-corrected chi connectivity index (χ3v) is 5.25. The normalized spacial score (nSPS) is 10.8. The number of benzene rings is 2. The van der Waals surface area contributed by atoms with E-state index in [0.717, 1.165) is 4.57 Å². The molecule has 0 aliphatic heterocycles. The molecule has 0 aliphatic carbocycles. The summed E-state index contributed by atoms with van der Waals surface area (Å²) in [5, 5.41) is 3.18. The maximum Gasteiger partial charge on any atom is 0.287 e. The highest BCUT2D eigenvalue weighted by molar-refractivity contribution is 6.31. The van der Waals surface area contributed by atoms with Crippen LogP contribution in [-0.2, 0) is 6.61 Å². The van der Waals surface area contributed by atoms with Crippen LogP contribution in [0.15, 0.2) is 51.8 Å². The molecule has 1 N–H and O–H groups in total. The maximum absolute atomic E-state index is 13.1. The fraction of sp³-hybridized carbons (Fsp3) is 0.208. The summed E-state index contributed by atoms with van der Waals surface area (Å²) in [6.45, 7) is 1.70. The Morgan fingerprint density at radius 1 is 1.03 bits per heavy atom. The second-order valence-electron chi connectivity index (χ2n) is 7.38. The van der Waals surface area contributed by atoms with Crippen molar-refractivity contribution in [1.82, 2.24) is 9.56 Å². The number of aryl methyl sites for hydroxylation is 1. The Balaban J connectivity index is 1.59. The Labute approximate surface area is 204 Å². The van der Waals surface area contributed by atoms with Gasteiger partial charge < -0.3 is 28.8 Å². The van der Waals surface area contributed by atoms with Crippen LogP contribution in [0.3, 0.4) is 0 Å². The smallest absolute Gasteiger partial charge is 0.287 e. The van der Waals surface area contributed by atoms with E-state index in [1.54, 1.807) is 31.2 Å². The molecule has 0 bridgehead atoms. The van der Waals surface area contributed by atoms with E-state index in [4.69, 9.17) is 35.1 Å². The highest BCUT2D eigenvalue weighted by atomic mass is 35.5. The van der Waals surface area contributed by atoms with E-state index in [1.165, 1.54) is 39.5 Å². The van der Waals surface area contributed by atoms with Crippen LogP contribution in [-0.4, -0.2) is 36.8 Å². The zero-order chi connectivity index (χ0) is 25.1. The minimum Gasteiger partial charge on any atom is -0.493 e. The number of aromatic nitrogens is 2. The molecule has 35 heavy (non-hydrogen) atoms. The second kappa shape index (κ2) is 9.98. The fourth-order valence-electron chi connectivity index (χ4n) is 3.43. The summed E-state index contributed by atoms with van der Waals surface area (Å²) in [5.74, 6) is 1.47. The number of methoxy groups -OCH3 is 3. The van der Waals surface area contributed by atoms with Crippen molar-refractivity contribution in [1.29, 1.82) is 0 Å². The van der Waals surface area contributed by atoms with Crippen molar-refractivity contribution >= 4 is 28.8 Å². The predicted molar refractivity (Wildman–Crippen MR) is 128 cm³/mol. The third-order valence-electron chi connectivity index (χ3n) is 5.02. The largest absolute Gasteiger partial charge is 0.493 e. The number of anilines is 1. The molecular weight excluding hydrogens is 478 g/mol. The van der Waals surface area contributed by atoms with Crippen LogP contribution in [0.1, 0.15) is 21.8 Å². The van der Waals surface area contributed by atoms with Gasteiger partial charge in [-0.25, -0.2) is 4.98 Å².